The van der Waals surface area contributed by atoms with E-state index in [1.165, 1.54) is 0 Å². The van der Waals surface area contributed by atoms with Crippen LogP contribution in [0, 0.1) is 0 Å². The van der Waals surface area contributed by atoms with Crippen LogP contribution in [0.2, 0.25) is 0 Å². The summed E-state index contributed by atoms with van der Waals surface area (Å²) in [5.74, 6) is 0.0766. The highest BCUT2D eigenvalue weighted by molar-refractivity contribution is 6.00. The van der Waals surface area contributed by atoms with Crippen LogP contribution in [-0.2, 0) is 0 Å². The second-order valence-electron chi connectivity index (χ2n) is 4.13. The summed E-state index contributed by atoms with van der Waals surface area (Å²) in [6.07, 6.45) is 3.50. The Morgan fingerprint density at radius 3 is 2.83 bits per heavy atom. The molecular weight excluding hydrogens is 252 g/mol. The van der Waals surface area contributed by atoms with Gasteiger partial charge in [-0.1, -0.05) is 6.07 Å². The molecule has 0 spiro atoms. The Balaban J connectivity index is 0.00000120. The Morgan fingerprint density at radius 1 is 1.28 bits per heavy atom. The van der Waals surface area contributed by atoms with Crippen molar-refractivity contribution in [3.63, 3.8) is 0 Å². The van der Waals surface area contributed by atoms with Gasteiger partial charge in [-0.25, -0.2) is 4.52 Å². The summed E-state index contributed by atoms with van der Waals surface area (Å²) in [7, 11) is 0. The molecule has 0 bridgehead atoms. The van der Waals surface area contributed by atoms with E-state index in [2.05, 4.69) is 10.4 Å². The summed E-state index contributed by atoms with van der Waals surface area (Å²) < 4.78 is 1.73. The summed E-state index contributed by atoms with van der Waals surface area (Å²) in [6.45, 7) is 3.27. The highest BCUT2D eigenvalue weighted by Crippen LogP contribution is 2.13. The second kappa shape index (κ2) is 5.37. The van der Waals surface area contributed by atoms with E-state index in [-0.39, 0.29) is 18.3 Å². The van der Waals surface area contributed by atoms with E-state index in [1.807, 2.05) is 29.3 Å². The molecule has 0 aliphatic carbocycles. The number of aromatic nitrogens is 2. The van der Waals surface area contributed by atoms with E-state index < -0.39 is 0 Å². The number of halogens is 1. The number of pyridine rings is 1. The highest BCUT2D eigenvalue weighted by Gasteiger charge is 2.20. The molecule has 0 unspecified atom stereocenters. The van der Waals surface area contributed by atoms with Gasteiger partial charge in [0.1, 0.15) is 0 Å². The molecule has 0 atom stereocenters. The molecule has 1 aliphatic rings. The van der Waals surface area contributed by atoms with Crippen molar-refractivity contribution >= 4 is 23.8 Å². The van der Waals surface area contributed by atoms with E-state index >= 15 is 0 Å². The van der Waals surface area contributed by atoms with Crippen LogP contribution in [-0.4, -0.2) is 46.6 Å². The van der Waals surface area contributed by atoms with Gasteiger partial charge in [-0.2, -0.15) is 5.10 Å². The molecule has 2 aromatic heterocycles. The lowest BCUT2D eigenvalue weighted by Gasteiger charge is -2.27. The zero-order valence-electron chi connectivity index (χ0n) is 9.87. The molecule has 0 saturated carbocycles. The maximum Gasteiger partial charge on any atom is 0.257 e. The van der Waals surface area contributed by atoms with Crippen molar-refractivity contribution in [1.82, 2.24) is 19.8 Å². The third-order valence-electron chi connectivity index (χ3n) is 3.06. The highest BCUT2D eigenvalue weighted by atomic mass is 35.5. The first-order valence-electron chi connectivity index (χ1n) is 5.78. The first-order valence-corrected chi connectivity index (χ1v) is 5.78. The predicted octanol–water partition coefficient (Wildman–Crippen LogP) is 0.801. The number of carbonyl (C=O) groups excluding carboxylic acids is 1. The maximum atomic E-state index is 12.3. The molecule has 0 radical (unpaired) electrons. The van der Waals surface area contributed by atoms with Crippen LogP contribution in [0.15, 0.2) is 30.6 Å². The van der Waals surface area contributed by atoms with E-state index in [0.717, 1.165) is 31.7 Å². The fraction of sp³-hybridized carbons (Fsp3) is 0.333. The summed E-state index contributed by atoms with van der Waals surface area (Å²) >= 11 is 0. The number of piperazine rings is 1. The van der Waals surface area contributed by atoms with Crippen molar-refractivity contribution in [1.29, 1.82) is 0 Å². The van der Waals surface area contributed by atoms with E-state index in [4.69, 9.17) is 0 Å². The molecule has 18 heavy (non-hydrogen) atoms. The van der Waals surface area contributed by atoms with Gasteiger partial charge in [-0.15, -0.1) is 12.4 Å². The molecule has 3 heterocycles. The quantitative estimate of drug-likeness (QED) is 0.831. The van der Waals surface area contributed by atoms with Crippen LogP contribution in [0.4, 0.5) is 0 Å². The summed E-state index contributed by atoms with van der Waals surface area (Å²) in [5, 5.41) is 7.43. The molecular formula is C12H15ClN4O. The number of fused-ring (bicyclic) bond motifs is 1. The molecule has 5 nitrogen and oxygen atoms in total. The van der Waals surface area contributed by atoms with Crippen LogP contribution in [0.25, 0.3) is 5.52 Å². The first-order chi connectivity index (χ1) is 8.36. The Labute approximate surface area is 111 Å². The van der Waals surface area contributed by atoms with Crippen LogP contribution in [0.3, 0.4) is 0 Å². The minimum Gasteiger partial charge on any atom is -0.336 e. The Kier molecular flexibility index (Phi) is 3.84. The van der Waals surface area contributed by atoms with Crippen molar-refractivity contribution in [3.8, 4) is 0 Å². The molecule has 1 amide bonds. The molecule has 1 fully saturated rings. The number of amides is 1. The van der Waals surface area contributed by atoms with E-state index in [0.29, 0.717) is 5.56 Å². The largest absolute Gasteiger partial charge is 0.336 e. The van der Waals surface area contributed by atoms with Gasteiger partial charge in [0.15, 0.2) is 0 Å². The van der Waals surface area contributed by atoms with Gasteiger partial charge in [0.25, 0.3) is 5.91 Å². The monoisotopic (exact) mass is 266 g/mol. The van der Waals surface area contributed by atoms with Crippen molar-refractivity contribution in [2.24, 2.45) is 0 Å². The molecule has 0 aromatic carbocycles. The molecule has 1 saturated heterocycles. The van der Waals surface area contributed by atoms with Gasteiger partial charge < -0.3 is 10.2 Å². The van der Waals surface area contributed by atoms with Crippen LogP contribution in [0.5, 0.6) is 0 Å². The van der Waals surface area contributed by atoms with E-state index in [9.17, 15) is 4.79 Å². The summed E-state index contributed by atoms with van der Waals surface area (Å²) in [5.41, 5.74) is 1.56. The van der Waals surface area contributed by atoms with Crippen molar-refractivity contribution in [3.05, 3.63) is 36.2 Å². The van der Waals surface area contributed by atoms with Crippen molar-refractivity contribution < 1.29 is 4.79 Å². The SMILES string of the molecule is Cl.O=C(c1cnn2ccccc12)N1CCNCC1. The predicted molar refractivity (Wildman–Crippen MR) is 71.2 cm³/mol. The lowest BCUT2D eigenvalue weighted by atomic mass is 10.2. The zero-order valence-corrected chi connectivity index (χ0v) is 10.7. The number of nitrogens with zero attached hydrogens (tertiary/aromatic N) is 3. The Morgan fingerprint density at radius 2 is 2.06 bits per heavy atom. The smallest absolute Gasteiger partial charge is 0.257 e. The van der Waals surface area contributed by atoms with Gasteiger partial charge in [0.05, 0.1) is 17.3 Å². The number of nitrogens with one attached hydrogen (secondary N) is 1. The number of rotatable bonds is 1. The Hall–Kier alpha value is -1.59. The van der Waals surface area contributed by atoms with Crippen molar-refractivity contribution in [2.75, 3.05) is 26.2 Å². The van der Waals surface area contributed by atoms with Gasteiger partial charge in [0.2, 0.25) is 0 Å². The minimum atomic E-state index is 0. The van der Waals surface area contributed by atoms with Crippen LogP contribution >= 0.6 is 12.4 Å². The van der Waals surface area contributed by atoms with Crippen molar-refractivity contribution in [2.45, 2.75) is 0 Å². The maximum absolute atomic E-state index is 12.3. The van der Waals surface area contributed by atoms with E-state index in [1.54, 1.807) is 10.7 Å². The van der Waals surface area contributed by atoms with Gasteiger partial charge >= 0.3 is 0 Å². The lowest BCUT2D eigenvalue weighted by Crippen LogP contribution is -2.46. The standard InChI is InChI=1S/C12H14N4O.ClH/c17-12(15-7-4-13-5-8-15)10-9-14-16-6-2-1-3-11(10)16;/h1-3,6,9,13H,4-5,7-8H2;1H. The molecule has 96 valence electrons. The third-order valence-corrected chi connectivity index (χ3v) is 3.06. The number of hydrogen-bond acceptors (Lipinski definition) is 3. The van der Waals surface area contributed by atoms with Crippen LogP contribution < -0.4 is 5.32 Å². The van der Waals surface area contributed by atoms with Gasteiger partial charge in [-0.3, -0.25) is 4.79 Å². The summed E-state index contributed by atoms with van der Waals surface area (Å²) in [4.78, 5) is 14.2. The van der Waals surface area contributed by atoms with Crippen LogP contribution in [0.1, 0.15) is 10.4 Å². The minimum absolute atomic E-state index is 0. The lowest BCUT2D eigenvalue weighted by molar-refractivity contribution is 0.0738. The number of carbonyl (C=O) groups is 1. The van der Waals surface area contributed by atoms with Gasteiger partial charge in [-0.05, 0) is 12.1 Å². The molecule has 6 heteroatoms. The third kappa shape index (κ3) is 2.19. The molecule has 1 N–H and O–H groups in total. The van der Waals surface area contributed by atoms with Gasteiger partial charge in [0, 0.05) is 32.4 Å². The molecule has 1 aliphatic heterocycles. The fourth-order valence-electron chi connectivity index (χ4n) is 2.14. The Bertz CT molecular complexity index is 548. The zero-order chi connectivity index (χ0) is 11.7. The number of hydrogen-bond donors (Lipinski definition) is 1. The fourth-order valence-corrected chi connectivity index (χ4v) is 2.14. The average Bonchev–Trinajstić information content (AvgIpc) is 2.83. The topological polar surface area (TPSA) is 49.6 Å². The average molecular weight is 267 g/mol. The first kappa shape index (κ1) is 12.9. The summed E-state index contributed by atoms with van der Waals surface area (Å²) in [6, 6.07) is 5.74. The molecule has 3 rings (SSSR count). The molecule has 2 aromatic rings. The second-order valence-corrected chi connectivity index (χ2v) is 4.13. The normalized spacial score (nSPS) is 15.4.